The van der Waals surface area contributed by atoms with Gasteiger partial charge in [-0.2, -0.15) is 0 Å². The third kappa shape index (κ3) is 11.2. The number of ether oxygens (including phenoxy) is 1. The number of rotatable bonds is 18. The highest BCUT2D eigenvalue weighted by Crippen LogP contribution is 2.40. The number of carbonyl (C=O) groups is 2. The Morgan fingerprint density at radius 1 is 1.10 bits per heavy atom. The van der Waals surface area contributed by atoms with Gasteiger partial charge in [0.05, 0.1) is 11.5 Å². The number of benzene rings is 2. The molecule has 2 amide bonds. The Labute approximate surface area is 264 Å². The Bertz CT molecular complexity index is 1290. The van der Waals surface area contributed by atoms with Crippen molar-refractivity contribution in [1.29, 1.82) is 0 Å². The van der Waals surface area contributed by atoms with Crippen molar-refractivity contribution in [3.63, 3.8) is 0 Å². The molecule has 0 fully saturated rings. The first-order chi connectivity index (χ1) is 19.6. The number of allylic oxidation sites excluding steroid dienone is 1. The Balaban J connectivity index is 0.00000882. The van der Waals surface area contributed by atoms with Gasteiger partial charge in [0.15, 0.2) is 0 Å². The van der Waals surface area contributed by atoms with Crippen LogP contribution >= 0.6 is 34.0 Å². The van der Waals surface area contributed by atoms with Crippen molar-refractivity contribution < 1.29 is 22.7 Å². The quantitative estimate of drug-likeness (QED) is 0.115. The Morgan fingerprint density at radius 3 is 2.38 bits per heavy atom. The summed E-state index contributed by atoms with van der Waals surface area (Å²) in [5, 5.41) is 4.52. The molecular formula is C28H44ClN5O5S3. The minimum Gasteiger partial charge on any atom is -0.449 e. The first kappa shape index (κ1) is 37.9. The predicted molar refractivity (Wildman–Crippen MR) is 179 cm³/mol. The summed E-state index contributed by atoms with van der Waals surface area (Å²) in [6.07, 6.45) is 2.61. The predicted octanol–water partition coefficient (Wildman–Crippen LogP) is 4.94. The molecule has 42 heavy (non-hydrogen) atoms. The molecule has 4 N–H and O–H groups in total. The molecule has 0 spiro atoms. The zero-order chi connectivity index (χ0) is 30.4. The Morgan fingerprint density at radius 2 is 1.76 bits per heavy atom. The smallest absolute Gasteiger partial charge is 0.407 e. The number of alkyl carbamates (subject to hydrolysis) is 1. The highest BCUT2D eigenvalue weighted by atomic mass is 35.5. The van der Waals surface area contributed by atoms with Crippen LogP contribution in [0.5, 0.6) is 0 Å². The van der Waals surface area contributed by atoms with Crippen molar-refractivity contribution in [1.82, 2.24) is 14.9 Å². The zero-order valence-electron chi connectivity index (χ0n) is 24.9. The van der Waals surface area contributed by atoms with Crippen LogP contribution in [0.25, 0.3) is 10.8 Å². The van der Waals surface area contributed by atoms with Crippen LogP contribution in [-0.4, -0.2) is 78.0 Å². The zero-order valence-corrected chi connectivity index (χ0v) is 28.2. The molecule has 0 aliphatic carbocycles. The van der Waals surface area contributed by atoms with E-state index in [4.69, 9.17) is 10.5 Å². The van der Waals surface area contributed by atoms with E-state index in [1.165, 1.54) is 0 Å². The van der Waals surface area contributed by atoms with E-state index in [-0.39, 0.29) is 37.0 Å². The van der Waals surface area contributed by atoms with E-state index < -0.39 is 16.1 Å². The molecule has 0 saturated heterocycles. The first-order valence-corrected chi connectivity index (χ1v) is 17.3. The largest absolute Gasteiger partial charge is 0.449 e. The normalized spacial score (nSPS) is 12.0. The molecule has 10 nitrogen and oxygen atoms in total. The molecule has 14 heteroatoms. The van der Waals surface area contributed by atoms with Crippen molar-refractivity contribution >= 4 is 73.0 Å². The van der Waals surface area contributed by atoms with Crippen molar-refractivity contribution in [3.05, 3.63) is 47.0 Å². The molecular weight excluding hydrogens is 618 g/mol. The topological polar surface area (TPSA) is 134 Å². The number of anilines is 1. The van der Waals surface area contributed by atoms with E-state index in [1.807, 2.05) is 44.1 Å². The fourth-order valence-corrected chi connectivity index (χ4v) is 8.40. The van der Waals surface area contributed by atoms with Gasteiger partial charge in [-0.3, -0.25) is 4.79 Å². The van der Waals surface area contributed by atoms with Crippen LogP contribution in [0.3, 0.4) is 0 Å². The lowest BCUT2D eigenvalue weighted by molar-refractivity contribution is -0.116. The minimum atomic E-state index is -3.81. The van der Waals surface area contributed by atoms with Gasteiger partial charge in [-0.1, -0.05) is 59.7 Å². The van der Waals surface area contributed by atoms with Crippen LogP contribution in [0, 0.1) is 0 Å². The maximum atomic E-state index is 13.0. The third-order valence-electron chi connectivity index (χ3n) is 6.41. The second-order valence-corrected chi connectivity index (χ2v) is 13.8. The summed E-state index contributed by atoms with van der Waals surface area (Å²) in [6, 6.07) is 10.7. The molecule has 0 atom stereocenters. The molecule has 0 radical (unpaired) electrons. The lowest BCUT2D eigenvalue weighted by Crippen LogP contribution is -2.35. The van der Waals surface area contributed by atoms with E-state index in [9.17, 15) is 18.0 Å². The summed E-state index contributed by atoms with van der Waals surface area (Å²) in [7, 11) is 3.34. The summed E-state index contributed by atoms with van der Waals surface area (Å²) in [4.78, 5) is 28.5. The van der Waals surface area contributed by atoms with Gasteiger partial charge in [-0.25, -0.2) is 17.9 Å². The Kier molecular flexibility index (Phi) is 17.3. The van der Waals surface area contributed by atoms with Crippen molar-refractivity contribution in [3.8, 4) is 0 Å². The second-order valence-electron chi connectivity index (χ2n) is 9.45. The summed E-state index contributed by atoms with van der Waals surface area (Å²) in [5.74, 6) is 0. The number of hydrogen-bond donors (Lipinski definition) is 3. The van der Waals surface area contributed by atoms with Gasteiger partial charge in [-0.05, 0) is 31.9 Å². The Hall–Kier alpha value is -2.16. The molecule has 2 rings (SSSR count). The van der Waals surface area contributed by atoms with Crippen LogP contribution in [0.1, 0.15) is 40.0 Å². The third-order valence-corrected chi connectivity index (χ3v) is 11.4. The van der Waals surface area contributed by atoms with Gasteiger partial charge >= 0.3 is 6.09 Å². The number of hydrogen-bond acceptors (Lipinski definition) is 9. The summed E-state index contributed by atoms with van der Waals surface area (Å²) in [5.41, 5.74) is 7.36. The van der Waals surface area contributed by atoms with Gasteiger partial charge in [-0.15, -0.1) is 12.4 Å². The molecule has 236 valence electrons. The molecule has 2 aromatic rings. The molecule has 0 aliphatic heterocycles. The first-order valence-electron chi connectivity index (χ1n) is 13.6. The number of sulfonamides is 1. The summed E-state index contributed by atoms with van der Waals surface area (Å²) >= 11 is 0. The molecule has 2 aromatic carbocycles. The number of carbonyl (C=O) groups excluding carboxylic acids is 2. The van der Waals surface area contributed by atoms with E-state index in [1.54, 1.807) is 44.7 Å². The maximum Gasteiger partial charge on any atom is 0.407 e. The standard InChI is InChI=1S/C28H43N5O5S3.ClH/c1-6-22(7-2)39-40-26(21(3)33(20-34)18-15-29)14-19-38-28(35)30-16-17-31-41(36,37)27-13-9-10-23-24(27)11-8-12-25(23)32(4)5;/h8-13,20,22,31H,6-7,14-19,29H2,1-5H3,(H,30,35);1H. The fourth-order valence-electron chi connectivity index (χ4n) is 4.04. The maximum absolute atomic E-state index is 13.0. The molecule has 0 aliphatic rings. The van der Waals surface area contributed by atoms with Gasteiger partial charge in [0, 0.05) is 79.0 Å². The number of nitrogens with two attached hydrogens (primary N) is 1. The molecule has 0 saturated carbocycles. The SMILES string of the molecule is CCC(CC)SSC(CCOC(=O)NCCNS(=O)(=O)c1cccc2c(N(C)C)cccc12)=C(C)N(C=O)CCN.Cl. The fraction of sp³-hybridized carbons (Fsp3) is 0.500. The van der Waals surface area contributed by atoms with Gasteiger partial charge < -0.3 is 25.6 Å². The van der Waals surface area contributed by atoms with Crippen molar-refractivity contribution in [2.24, 2.45) is 5.73 Å². The molecule has 0 bridgehead atoms. The monoisotopic (exact) mass is 661 g/mol. The summed E-state index contributed by atoms with van der Waals surface area (Å²) in [6.45, 7) is 7.06. The highest BCUT2D eigenvalue weighted by Gasteiger charge is 2.19. The van der Waals surface area contributed by atoms with Crippen LogP contribution in [-0.2, 0) is 19.6 Å². The number of nitrogens with zero attached hydrogens (tertiary/aromatic N) is 2. The van der Waals surface area contributed by atoms with Crippen LogP contribution in [0.4, 0.5) is 10.5 Å². The number of fused-ring (bicyclic) bond motifs is 1. The van der Waals surface area contributed by atoms with Crippen molar-refractivity contribution in [2.45, 2.75) is 50.2 Å². The molecule has 0 unspecified atom stereocenters. The summed E-state index contributed by atoms with van der Waals surface area (Å²) < 4.78 is 34.0. The lowest BCUT2D eigenvalue weighted by atomic mass is 10.1. The highest BCUT2D eigenvalue weighted by molar-refractivity contribution is 8.78. The van der Waals surface area contributed by atoms with E-state index >= 15 is 0 Å². The van der Waals surface area contributed by atoms with E-state index in [2.05, 4.69) is 23.9 Å². The minimum absolute atomic E-state index is 0. The van der Waals surface area contributed by atoms with E-state index in [0.717, 1.165) is 40.9 Å². The number of amides is 2. The van der Waals surface area contributed by atoms with E-state index in [0.29, 0.717) is 30.1 Å². The average molecular weight is 662 g/mol. The number of halogens is 1. The second kappa shape index (κ2) is 19.2. The van der Waals surface area contributed by atoms with Crippen LogP contribution < -0.4 is 20.7 Å². The van der Waals surface area contributed by atoms with Gasteiger partial charge in [0.1, 0.15) is 0 Å². The van der Waals surface area contributed by atoms with Crippen LogP contribution in [0.15, 0.2) is 51.9 Å². The molecule has 0 heterocycles. The molecule has 0 aromatic heterocycles. The lowest BCUT2D eigenvalue weighted by Gasteiger charge is -2.22. The van der Waals surface area contributed by atoms with Crippen LogP contribution in [0.2, 0.25) is 0 Å². The van der Waals surface area contributed by atoms with Gasteiger partial charge in [0.25, 0.3) is 0 Å². The average Bonchev–Trinajstić information content (AvgIpc) is 2.96. The van der Waals surface area contributed by atoms with Gasteiger partial charge in [0.2, 0.25) is 16.4 Å². The van der Waals surface area contributed by atoms with Crippen molar-refractivity contribution in [2.75, 3.05) is 51.8 Å². The number of nitrogens with one attached hydrogen (secondary N) is 2.